The van der Waals surface area contributed by atoms with Gasteiger partial charge in [-0.1, -0.05) is 0 Å². The molecule has 4 fully saturated rings. The summed E-state index contributed by atoms with van der Waals surface area (Å²) in [6.07, 6.45) is 6.74. The van der Waals surface area contributed by atoms with Gasteiger partial charge in [-0.25, -0.2) is 0 Å². The summed E-state index contributed by atoms with van der Waals surface area (Å²) in [4.78, 5) is 12.3. The molecule has 0 saturated heterocycles. The minimum absolute atomic E-state index is 0.0578. The van der Waals surface area contributed by atoms with Crippen LogP contribution in [0, 0.1) is 29.6 Å². The Morgan fingerprint density at radius 2 is 1.67 bits per heavy atom. The highest BCUT2D eigenvalue weighted by Crippen LogP contribution is 2.58. The van der Waals surface area contributed by atoms with Crippen molar-refractivity contribution < 1.29 is 4.79 Å². The van der Waals surface area contributed by atoms with Crippen molar-refractivity contribution in [2.24, 2.45) is 35.3 Å². The van der Waals surface area contributed by atoms with E-state index >= 15 is 0 Å². The smallest absolute Gasteiger partial charge is 0.240 e. The van der Waals surface area contributed by atoms with Crippen LogP contribution in [0.4, 0.5) is 0 Å². The lowest BCUT2D eigenvalue weighted by molar-refractivity contribution is -0.136. The molecule has 102 valence electrons. The molecule has 1 unspecified atom stereocenters. The molecule has 18 heavy (non-hydrogen) atoms. The van der Waals surface area contributed by atoms with Crippen LogP contribution < -0.4 is 11.1 Å². The van der Waals surface area contributed by atoms with Crippen molar-refractivity contribution in [3.05, 3.63) is 0 Å². The molecule has 4 rings (SSSR count). The SMILES string of the molecule is CCNC(=O)C(C)(N)C1C2CC3CC(C2)CC1C3. The zero-order chi connectivity index (χ0) is 12.9. The maximum absolute atomic E-state index is 12.3. The van der Waals surface area contributed by atoms with Crippen molar-refractivity contribution >= 4 is 5.91 Å². The fraction of sp³-hybridized carbons (Fsp3) is 0.933. The topological polar surface area (TPSA) is 55.1 Å². The molecular weight excluding hydrogens is 224 g/mol. The van der Waals surface area contributed by atoms with Crippen molar-refractivity contribution in [3.63, 3.8) is 0 Å². The lowest BCUT2D eigenvalue weighted by Crippen LogP contribution is -2.64. The molecule has 0 aromatic heterocycles. The van der Waals surface area contributed by atoms with E-state index in [4.69, 9.17) is 5.73 Å². The highest BCUT2D eigenvalue weighted by Gasteiger charge is 2.55. The summed E-state index contributed by atoms with van der Waals surface area (Å²) in [5, 5.41) is 2.93. The van der Waals surface area contributed by atoms with Crippen LogP contribution in [0.15, 0.2) is 0 Å². The van der Waals surface area contributed by atoms with Gasteiger partial charge in [-0.05, 0) is 75.5 Å². The lowest BCUT2D eigenvalue weighted by atomic mass is 9.48. The van der Waals surface area contributed by atoms with Gasteiger partial charge in [0.2, 0.25) is 5.91 Å². The third-order valence-corrected chi connectivity index (χ3v) is 5.75. The van der Waals surface area contributed by atoms with Gasteiger partial charge in [0, 0.05) is 6.54 Å². The third kappa shape index (κ3) is 1.78. The molecule has 0 aromatic carbocycles. The first-order valence-electron chi connectivity index (χ1n) is 7.59. The quantitative estimate of drug-likeness (QED) is 0.804. The van der Waals surface area contributed by atoms with Crippen LogP contribution >= 0.6 is 0 Å². The van der Waals surface area contributed by atoms with Crippen molar-refractivity contribution in [3.8, 4) is 0 Å². The fourth-order valence-corrected chi connectivity index (χ4v) is 5.41. The molecule has 3 N–H and O–H groups in total. The van der Waals surface area contributed by atoms with E-state index in [0.29, 0.717) is 24.3 Å². The summed E-state index contributed by atoms with van der Waals surface area (Å²) in [5.41, 5.74) is 5.79. The molecule has 4 saturated carbocycles. The zero-order valence-electron chi connectivity index (χ0n) is 11.6. The number of likely N-dealkylation sites (N-methyl/N-ethyl adjacent to an activating group) is 1. The van der Waals surface area contributed by atoms with E-state index in [1.807, 2.05) is 13.8 Å². The molecule has 4 bridgehead atoms. The van der Waals surface area contributed by atoms with E-state index in [-0.39, 0.29) is 5.91 Å². The predicted octanol–water partition coefficient (Wildman–Crippen LogP) is 1.91. The number of amides is 1. The summed E-state index contributed by atoms with van der Waals surface area (Å²) in [6, 6.07) is 0. The van der Waals surface area contributed by atoms with E-state index in [9.17, 15) is 4.79 Å². The number of rotatable bonds is 3. The Labute approximate surface area is 110 Å². The van der Waals surface area contributed by atoms with Crippen molar-refractivity contribution in [2.75, 3.05) is 6.54 Å². The Balaban J connectivity index is 1.81. The summed E-state index contributed by atoms with van der Waals surface area (Å²) in [5.74, 6) is 3.76. The molecule has 4 aliphatic carbocycles. The Hall–Kier alpha value is -0.570. The Morgan fingerprint density at radius 3 is 2.11 bits per heavy atom. The molecule has 1 amide bonds. The van der Waals surface area contributed by atoms with Crippen LogP contribution in [0.5, 0.6) is 0 Å². The van der Waals surface area contributed by atoms with Crippen molar-refractivity contribution in [1.29, 1.82) is 0 Å². The Kier molecular flexibility index (Phi) is 2.92. The van der Waals surface area contributed by atoms with Gasteiger partial charge in [-0.2, -0.15) is 0 Å². The normalized spacial score (nSPS) is 44.7. The Morgan fingerprint density at radius 1 is 1.17 bits per heavy atom. The standard InChI is InChI=1S/C15H26N2O/c1-3-17-14(18)15(2,16)13-11-5-9-4-10(7-11)8-12(13)6-9/h9-13H,3-8,16H2,1-2H3,(H,17,18). The van der Waals surface area contributed by atoms with Gasteiger partial charge in [0.25, 0.3) is 0 Å². The van der Waals surface area contributed by atoms with Crippen LogP contribution in [0.25, 0.3) is 0 Å². The molecular formula is C15H26N2O. The first kappa shape index (κ1) is 12.5. The molecule has 0 heterocycles. The number of hydrogen-bond acceptors (Lipinski definition) is 2. The van der Waals surface area contributed by atoms with E-state index in [0.717, 1.165) is 11.8 Å². The molecule has 3 nitrogen and oxygen atoms in total. The van der Waals surface area contributed by atoms with Crippen LogP contribution in [0.1, 0.15) is 46.0 Å². The van der Waals surface area contributed by atoms with E-state index in [2.05, 4.69) is 5.32 Å². The van der Waals surface area contributed by atoms with Gasteiger partial charge in [0.15, 0.2) is 0 Å². The van der Waals surface area contributed by atoms with E-state index < -0.39 is 5.54 Å². The van der Waals surface area contributed by atoms with Crippen LogP contribution in [-0.2, 0) is 4.79 Å². The van der Waals surface area contributed by atoms with E-state index in [1.165, 1.54) is 32.1 Å². The minimum atomic E-state index is -0.668. The Bertz CT molecular complexity index is 322. The number of hydrogen-bond donors (Lipinski definition) is 2. The summed E-state index contributed by atoms with van der Waals surface area (Å²) in [7, 11) is 0. The predicted molar refractivity (Wildman–Crippen MR) is 71.8 cm³/mol. The molecule has 0 aromatic rings. The van der Waals surface area contributed by atoms with Gasteiger partial charge < -0.3 is 11.1 Å². The van der Waals surface area contributed by atoms with Gasteiger partial charge in [-0.3, -0.25) is 4.79 Å². The monoisotopic (exact) mass is 250 g/mol. The summed E-state index contributed by atoms with van der Waals surface area (Å²) in [6.45, 7) is 4.61. The molecule has 0 spiro atoms. The highest BCUT2D eigenvalue weighted by molar-refractivity contribution is 5.86. The second-order valence-electron chi connectivity index (χ2n) is 7.10. The summed E-state index contributed by atoms with van der Waals surface area (Å²) >= 11 is 0. The minimum Gasteiger partial charge on any atom is -0.355 e. The third-order valence-electron chi connectivity index (χ3n) is 5.75. The molecule has 4 aliphatic rings. The second kappa shape index (κ2) is 4.22. The van der Waals surface area contributed by atoms with Gasteiger partial charge in [0.05, 0.1) is 5.54 Å². The number of carbonyl (C=O) groups excluding carboxylic acids is 1. The number of nitrogens with two attached hydrogens (primary N) is 1. The number of nitrogens with one attached hydrogen (secondary N) is 1. The highest BCUT2D eigenvalue weighted by atomic mass is 16.2. The number of carbonyl (C=O) groups is 1. The van der Waals surface area contributed by atoms with Crippen molar-refractivity contribution in [1.82, 2.24) is 5.32 Å². The average molecular weight is 250 g/mol. The van der Waals surface area contributed by atoms with Crippen LogP contribution in [0.3, 0.4) is 0 Å². The van der Waals surface area contributed by atoms with Crippen LogP contribution in [0.2, 0.25) is 0 Å². The molecule has 1 atom stereocenters. The van der Waals surface area contributed by atoms with Gasteiger partial charge in [0.1, 0.15) is 0 Å². The van der Waals surface area contributed by atoms with Crippen molar-refractivity contribution in [2.45, 2.75) is 51.5 Å². The lowest BCUT2D eigenvalue weighted by Gasteiger charge is -2.58. The maximum atomic E-state index is 12.3. The fourth-order valence-electron chi connectivity index (χ4n) is 5.41. The summed E-state index contributed by atoms with van der Waals surface area (Å²) < 4.78 is 0. The second-order valence-corrected chi connectivity index (χ2v) is 7.10. The van der Waals surface area contributed by atoms with Gasteiger partial charge in [-0.15, -0.1) is 0 Å². The average Bonchev–Trinajstić information content (AvgIpc) is 2.27. The maximum Gasteiger partial charge on any atom is 0.240 e. The molecule has 0 radical (unpaired) electrons. The largest absolute Gasteiger partial charge is 0.355 e. The zero-order valence-corrected chi connectivity index (χ0v) is 11.6. The molecule has 3 heteroatoms. The van der Waals surface area contributed by atoms with Gasteiger partial charge >= 0.3 is 0 Å². The van der Waals surface area contributed by atoms with E-state index in [1.54, 1.807) is 0 Å². The van der Waals surface area contributed by atoms with Crippen LogP contribution in [-0.4, -0.2) is 18.0 Å². The first-order chi connectivity index (χ1) is 8.52. The molecule has 0 aliphatic heterocycles. The first-order valence-corrected chi connectivity index (χ1v) is 7.59.